The van der Waals surface area contributed by atoms with Crippen LogP contribution in [0.25, 0.3) is 0 Å². The van der Waals surface area contributed by atoms with Crippen molar-refractivity contribution in [2.45, 2.75) is 37.5 Å². The number of nitrogens with zero attached hydrogens (tertiary/aromatic N) is 1. The minimum absolute atomic E-state index is 0. The van der Waals surface area contributed by atoms with Gasteiger partial charge in [-0.3, -0.25) is 0 Å². The van der Waals surface area contributed by atoms with Crippen LogP contribution in [0, 0.1) is 0 Å². The molecule has 0 aromatic rings. The largest absolute Gasteiger partial charge is 1.00 e. The zero-order valence-corrected chi connectivity index (χ0v) is 10.4. The fourth-order valence-electron chi connectivity index (χ4n) is 3.13. The summed E-state index contributed by atoms with van der Waals surface area (Å²) in [6, 6.07) is -0.162. The highest BCUT2D eigenvalue weighted by Crippen LogP contribution is 2.31. The molecule has 0 aromatic carbocycles. The summed E-state index contributed by atoms with van der Waals surface area (Å²) in [6.45, 7) is 2.60. The lowest BCUT2D eigenvalue weighted by molar-refractivity contribution is -0.946. The van der Waals surface area contributed by atoms with Gasteiger partial charge in [-0.1, -0.05) is 0 Å². The number of aliphatic hydroxyl groups is 3. The first-order chi connectivity index (χ1) is 6.69. The highest BCUT2D eigenvalue weighted by atomic mass is 79.9. The van der Waals surface area contributed by atoms with Crippen LogP contribution in [0.2, 0.25) is 0 Å². The van der Waals surface area contributed by atoms with Crippen LogP contribution in [0.1, 0.15) is 19.3 Å². The molecule has 90 valence electrons. The summed E-state index contributed by atoms with van der Waals surface area (Å²) in [5.41, 5.74) is 0. The zero-order chi connectivity index (χ0) is 10.2. The molecule has 2 aliphatic heterocycles. The van der Waals surface area contributed by atoms with Crippen LogP contribution in [0.15, 0.2) is 0 Å². The molecular weight excluding hydrogens is 262 g/mol. The Hall–Kier alpha value is 0.320. The Morgan fingerprint density at radius 2 is 1.67 bits per heavy atom. The van der Waals surface area contributed by atoms with Gasteiger partial charge in [0.25, 0.3) is 0 Å². The van der Waals surface area contributed by atoms with Gasteiger partial charge in [0.1, 0.15) is 24.8 Å². The predicted molar refractivity (Wildman–Crippen MR) is 51.6 cm³/mol. The summed E-state index contributed by atoms with van der Waals surface area (Å²) in [6.07, 6.45) is 2.15. The molecule has 0 bridgehead atoms. The van der Waals surface area contributed by atoms with Gasteiger partial charge in [0.05, 0.1) is 19.7 Å². The van der Waals surface area contributed by atoms with Crippen LogP contribution in [-0.4, -0.2) is 64.3 Å². The Kier molecular flexibility index (Phi) is 4.55. The van der Waals surface area contributed by atoms with Gasteiger partial charge >= 0.3 is 0 Å². The molecule has 0 amide bonds. The smallest absolute Gasteiger partial charge is 0.141 e. The van der Waals surface area contributed by atoms with Crippen molar-refractivity contribution in [3.05, 3.63) is 0 Å². The Labute approximate surface area is 101 Å². The summed E-state index contributed by atoms with van der Waals surface area (Å²) in [4.78, 5) is 0. The summed E-state index contributed by atoms with van der Waals surface area (Å²) in [7, 11) is 0. The molecule has 0 aromatic heterocycles. The Bertz CT molecular complexity index is 209. The van der Waals surface area contributed by atoms with Gasteiger partial charge in [-0.05, 0) is 19.3 Å². The summed E-state index contributed by atoms with van der Waals surface area (Å²) in [5.74, 6) is 0. The third-order valence-corrected chi connectivity index (χ3v) is 3.94. The Balaban J connectivity index is 0.00000112. The van der Waals surface area contributed by atoms with Gasteiger partial charge in [0, 0.05) is 0 Å². The van der Waals surface area contributed by atoms with Crippen LogP contribution in [0.5, 0.6) is 0 Å². The van der Waals surface area contributed by atoms with Crippen LogP contribution in [0.4, 0.5) is 0 Å². The van der Waals surface area contributed by atoms with E-state index in [1.165, 1.54) is 6.42 Å². The second-order valence-corrected chi connectivity index (χ2v) is 4.72. The van der Waals surface area contributed by atoms with Crippen LogP contribution < -0.4 is 17.0 Å². The van der Waals surface area contributed by atoms with E-state index in [1.807, 2.05) is 0 Å². The van der Waals surface area contributed by atoms with E-state index in [0.29, 0.717) is 6.54 Å². The van der Waals surface area contributed by atoms with E-state index in [0.717, 1.165) is 30.4 Å². The number of hydrogen-bond donors (Lipinski definition) is 3. The maximum Gasteiger partial charge on any atom is 0.141 e. The van der Waals surface area contributed by atoms with E-state index in [4.69, 9.17) is 0 Å². The van der Waals surface area contributed by atoms with E-state index in [9.17, 15) is 15.3 Å². The van der Waals surface area contributed by atoms with Crippen molar-refractivity contribution in [2.75, 3.05) is 26.2 Å². The number of hydrogen-bond acceptors (Lipinski definition) is 3. The van der Waals surface area contributed by atoms with E-state index in [2.05, 4.69) is 0 Å². The molecule has 2 rings (SSSR count). The molecule has 3 N–H and O–H groups in total. The maximum atomic E-state index is 9.75. The lowest BCUT2D eigenvalue weighted by Crippen LogP contribution is -3.00. The average Bonchev–Trinajstić information content (AvgIpc) is 2.40. The monoisotopic (exact) mass is 281 g/mol. The van der Waals surface area contributed by atoms with Gasteiger partial charge in [-0.15, -0.1) is 0 Å². The molecule has 0 aliphatic carbocycles. The van der Waals surface area contributed by atoms with E-state index >= 15 is 0 Å². The zero-order valence-electron chi connectivity index (χ0n) is 8.85. The van der Waals surface area contributed by atoms with Crippen molar-refractivity contribution in [1.82, 2.24) is 0 Å². The third-order valence-electron chi connectivity index (χ3n) is 3.94. The van der Waals surface area contributed by atoms with Crippen LogP contribution in [-0.2, 0) is 0 Å². The summed E-state index contributed by atoms with van der Waals surface area (Å²) in [5, 5.41) is 28.7. The molecule has 15 heavy (non-hydrogen) atoms. The van der Waals surface area contributed by atoms with Crippen molar-refractivity contribution in [3.63, 3.8) is 0 Å². The van der Waals surface area contributed by atoms with Gasteiger partial charge in [0.2, 0.25) is 0 Å². The number of rotatable bonds is 1. The van der Waals surface area contributed by atoms with Crippen molar-refractivity contribution in [3.8, 4) is 0 Å². The average molecular weight is 282 g/mol. The standard InChI is InChI=1S/C10H20NO3.BrH/c12-7-8-10(14)9(13)6-11(8)4-2-1-3-5-11;/h8-10,12-14H,1-7H2;1H/q+1;/p-1/t8-,9-,10-;/m0./s1. The predicted octanol–water partition coefficient (Wildman–Crippen LogP) is -3.91. The van der Waals surface area contributed by atoms with Crippen LogP contribution >= 0.6 is 0 Å². The van der Waals surface area contributed by atoms with Crippen molar-refractivity contribution < 1.29 is 36.8 Å². The third kappa shape index (κ3) is 2.22. The Morgan fingerprint density at radius 3 is 2.20 bits per heavy atom. The molecule has 2 fully saturated rings. The number of aliphatic hydroxyl groups excluding tert-OH is 3. The van der Waals surface area contributed by atoms with Crippen molar-refractivity contribution >= 4 is 0 Å². The molecule has 5 heteroatoms. The van der Waals surface area contributed by atoms with Crippen molar-refractivity contribution in [2.24, 2.45) is 0 Å². The molecule has 0 unspecified atom stereocenters. The first kappa shape index (κ1) is 13.4. The van der Waals surface area contributed by atoms with Crippen LogP contribution in [0.3, 0.4) is 0 Å². The second kappa shape index (κ2) is 5.10. The first-order valence-corrected chi connectivity index (χ1v) is 5.52. The minimum atomic E-state index is -0.738. The number of piperidine rings is 1. The lowest BCUT2D eigenvalue weighted by atomic mass is 10.0. The molecular formula is C10H20BrNO3. The number of quaternary nitrogens is 1. The topological polar surface area (TPSA) is 60.7 Å². The Morgan fingerprint density at radius 1 is 1.07 bits per heavy atom. The summed E-state index contributed by atoms with van der Waals surface area (Å²) < 4.78 is 0.735. The van der Waals surface area contributed by atoms with E-state index < -0.39 is 12.2 Å². The molecule has 2 heterocycles. The van der Waals surface area contributed by atoms with Crippen molar-refractivity contribution in [1.29, 1.82) is 0 Å². The maximum absolute atomic E-state index is 9.75. The highest BCUT2D eigenvalue weighted by molar-refractivity contribution is 4.85. The quantitative estimate of drug-likeness (QED) is 0.431. The van der Waals surface area contributed by atoms with Gasteiger partial charge in [-0.2, -0.15) is 0 Å². The van der Waals surface area contributed by atoms with Gasteiger partial charge in [0.15, 0.2) is 0 Å². The minimum Gasteiger partial charge on any atom is -1.00 e. The lowest BCUT2D eigenvalue weighted by Gasteiger charge is -2.42. The molecule has 0 saturated carbocycles. The fraction of sp³-hybridized carbons (Fsp3) is 1.00. The van der Waals surface area contributed by atoms with E-state index in [-0.39, 0.29) is 29.6 Å². The van der Waals surface area contributed by atoms with Gasteiger partial charge < -0.3 is 36.8 Å². The SMILES string of the molecule is OC[C@H]1[C@H](O)[C@@H](O)C[N+]12CCCCC2.[Br-]. The van der Waals surface area contributed by atoms with Gasteiger partial charge in [-0.25, -0.2) is 0 Å². The number of halogens is 1. The molecule has 0 radical (unpaired) electrons. The molecule has 1 spiro atoms. The molecule has 2 saturated heterocycles. The normalized spacial score (nSPS) is 39.0. The van der Waals surface area contributed by atoms with E-state index in [1.54, 1.807) is 0 Å². The fourth-order valence-corrected chi connectivity index (χ4v) is 3.13. The molecule has 3 atom stereocenters. The first-order valence-electron chi connectivity index (χ1n) is 5.52. The molecule has 2 aliphatic rings. The second-order valence-electron chi connectivity index (χ2n) is 4.72. The summed E-state index contributed by atoms with van der Waals surface area (Å²) >= 11 is 0. The highest BCUT2D eigenvalue weighted by Gasteiger charge is 2.52. The molecule has 4 nitrogen and oxygen atoms in total.